The molecule has 0 saturated carbocycles. The molecule has 1 unspecified atom stereocenters. The zero-order valence-corrected chi connectivity index (χ0v) is 13.6. The van der Waals surface area contributed by atoms with Gasteiger partial charge in [0.2, 0.25) is 0 Å². The third kappa shape index (κ3) is 6.56. The summed E-state index contributed by atoms with van der Waals surface area (Å²) in [5.74, 6) is -0.332. The third-order valence-electron chi connectivity index (χ3n) is 3.55. The molecule has 0 spiro atoms. The highest BCUT2D eigenvalue weighted by molar-refractivity contribution is 5.89. The Hall–Kier alpha value is -1.63. The van der Waals surface area contributed by atoms with Gasteiger partial charge >= 0.3 is 5.97 Å². The molecule has 0 radical (unpaired) electrons. The van der Waals surface area contributed by atoms with Crippen molar-refractivity contribution in [1.29, 1.82) is 0 Å². The highest BCUT2D eigenvalue weighted by Gasteiger charge is 2.13. The first-order valence-electron chi connectivity index (χ1n) is 8.03. The molecule has 128 valence electrons. The lowest BCUT2D eigenvalue weighted by atomic mass is 10.2. The minimum absolute atomic E-state index is 0.0567. The Bertz CT molecular complexity index is 457. The van der Waals surface area contributed by atoms with Crippen LogP contribution in [0.25, 0.3) is 0 Å². The van der Waals surface area contributed by atoms with E-state index in [0.717, 1.165) is 25.1 Å². The summed E-state index contributed by atoms with van der Waals surface area (Å²) in [5, 5.41) is 3.23. The summed E-state index contributed by atoms with van der Waals surface area (Å²) in [7, 11) is 1.37. The van der Waals surface area contributed by atoms with Gasteiger partial charge < -0.3 is 24.3 Å². The van der Waals surface area contributed by atoms with Crippen molar-refractivity contribution in [2.75, 3.05) is 45.4 Å². The number of carbonyl (C=O) groups excluding carboxylic acids is 1. The van der Waals surface area contributed by atoms with Gasteiger partial charge in [0.05, 0.1) is 32.5 Å². The first kappa shape index (κ1) is 17.7. The van der Waals surface area contributed by atoms with Gasteiger partial charge in [-0.1, -0.05) is 0 Å². The fourth-order valence-electron chi connectivity index (χ4n) is 2.29. The summed E-state index contributed by atoms with van der Waals surface area (Å²) in [6, 6.07) is 7.14. The van der Waals surface area contributed by atoms with Crippen LogP contribution in [0.4, 0.5) is 5.69 Å². The number of hydrogen-bond donors (Lipinski definition) is 1. The lowest BCUT2D eigenvalue weighted by Gasteiger charge is -2.22. The number of benzene rings is 1. The molecule has 0 bridgehead atoms. The quantitative estimate of drug-likeness (QED) is 0.556. The normalized spacial score (nSPS) is 17.7. The SMILES string of the molecule is COC(=O)c1ccc(NCCOCCOC2CCCCO2)cc1. The van der Waals surface area contributed by atoms with E-state index in [9.17, 15) is 4.79 Å². The Morgan fingerprint density at radius 2 is 2.04 bits per heavy atom. The molecule has 0 amide bonds. The van der Waals surface area contributed by atoms with Crippen LogP contribution in [-0.4, -0.2) is 52.3 Å². The van der Waals surface area contributed by atoms with Crippen LogP contribution < -0.4 is 5.32 Å². The molecule has 6 heteroatoms. The van der Waals surface area contributed by atoms with E-state index in [1.807, 2.05) is 12.1 Å². The van der Waals surface area contributed by atoms with Crippen molar-refractivity contribution >= 4 is 11.7 Å². The van der Waals surface area contributed by atoms with Gasteiger partial charge in [-0.25, -0.2) is 4.79 Å². The van der Waals surface area contributed by atoms with Crippen LogP contribution in [0.15, 0.2) is 24.3 Å². The van der Waals surface area contributed by atoms with Gasteiger partial charge in [0.1, 0.15) is 0 Å². The number of nitrogens with one attached hydrogen (secondary N) is 1. The van der Waals surface area contributed by atoms with Gasteiger partial charge in [0, 0.05) is 18.8 Å². The zero-order valence-electron chi connectivity index (χ0n) is 13.6. The summed E-state index contributed by atoms with van der Waals surface area (Å²) in [6.07, 6.45) is 3.22. The Morgan fingerprint density at radius 3 is 2.74 bits per heavy atom. The minimum atomic E-state index is -0.332. The number of carbonyl (C=O) groups is 1. The van der Waals surface area contributed by atoms with Crippen LogP contribution in [-0.2, 0) is 18.9 Å². The van der Waals surface area contributed by atoms with Gasteiger partial charge in [-0.05, 0) is 43.5 Å². The molecule has 23 heavy (non-hydrogen) atoms. The topological polar surface area (TPSA) is 66.0 Å². The maximum Gasteiger partial charge on any atom is 0.337 e. The van der Waals surface area contributed by atoms with Crippen molar-refractivity contribution in [3.05, 3.63) is 29.8 Å². The van der Waals surface area contributed by atoms with E-state index in [2.05, 4.69) is 10.1 Å². The molecule has 2 rings (SSSR count). The van der Waals surface area contributed by atoms with Gasteiger partial charge in [-0.15, -0.1) is 0 Å². The van der Waals surface area contributed by atoms with E-state index in [-0.39, 0.29) is 12.3 Å². The molecule has 1 aromatic rings. The Kier molecular flexibility index (Phi) is 7.86. The first-order valence-corrected chi connectivity index (χ1v) is 8.03. The van der Waals surface area contributed by atoms with Crippen molar-refractivity contribution in [3.63, 3.8) is 0 Å². The molecule has 1 heterocycles. The van der Waals surface area contributed by atoms with Crippen molar-refractivity contribution in [3.8, 4) is 0 Å². The highest BCUT2D eigenvalue weighted by Crippen LogP contribution is 2.13. The molecule has 0 aliphatic carbocycles. The summed E-state index contributed by atoms with van der Waals surface area (Å²) in [5.41, 5.74) is 1.48. The van der Waals surface area contributed by atoms with E-state index in [1.165, 1.54) is 13.5 Å². The van der Waals surface area contributed by atoms with E-state index in [4.69, 9.17) is 14.2 Å². The fraction of sp³-hybridized carbons (Fsp3) is 0.588. The predicted molar refractivity (Wildman–Crippen MR) is 86.6 cm³/mol. The van der Waals surface area contributed by atoms with Gasteiger partial charge in [-0.2, -0.15) is 0 Å². The van der Waals surface area contributed by atoms with E-state index >= 15 is 0 Å². The number of methoxy groups -OCH3 is 1. The second-order valence-corrected chi connectivity index (χ2v) is 5.28. The van der Waals surface area contributed by atoms with Gasteiger partial charge in [0.25, 0.3) is 0 Å². The first-order chi connectivity index (χ1) is 11.3. The molecule has 1 N–H and O–H groups in total. The van der Waals surface area contributed by atoms with Crippen molar-refractivity contribution < 1.29 is 23.7 Å². The van der Waals surface area contributed by atoms with Crippen LogP contribution in [0.3, 0.4) is 0 Å². The molecule has 6 nitrogen and oxygen atoms in total. The lowest BCUT2D eigenvalue weighted by Crippen LogP contribution is -2.24. The highest BCUT2D eigenvalue weighted by atomic mass is 16.7. The largest absolute Gasteiger partial charge is 0.465 e. The molecule has 1 aromatic carbocycles. The maximum absolute atomic E-state index is 11.3. The number of ether oxygens (including phenoxy) is 4. The Morgan fingerprint density at radius 1 is 1.22 bits per heavy atom. The summed E-state index contributed by atoms with van der Waals surface area (Å²) >= 11 is 0. The molecule has 1 saturated heterocycles. The molecule has 1 aliphatic heterocycles. The molecule has 1 atom stereocenters. The van der Waals surface area contributed by atoms with E-state index in [1.54, 1.807) is 12.1 Å². The molecular weight excluding hydrogens is 298 g/mol. The Balaban J connectivity index is 1.50. The monoisotopic (exact) mass is 323 g/mol. The number of anilines is 1. The fourth-order valence-corrected chi connectivity index (χ4v) is 2.29. The van der Waals surface area contributed by atoms with E-state index < -0.39 is 0 Å². The van der Waals surface area contributed by atoms with Crippen LogP contribution >= 0.6 is 0 Å². The van der Waals surface area contributed by atoms with Crippen LogP contribution in [0.2, 0.25) is 0 Å². The maximum atomic E-state index is 11.3. The van der Waals surface area contributed by atoms with Crippen molar-refractivity contribution in [1.82, 2.24) is 0 Å². The van der Waals surface area contributed by atoms with E-state index in [0.29, 0.717) is 31.9 Å². The van der Waals surface area contributed by atoms with Gasteiger partial charge in [0.15, 0.2) is 6.29 Å². The predicted octanol–water partition coefficient (Wildman–Crippen LogP) is 2.44. The van der Waals surface area contributed by atoms with Gasteiger partial charge in [-0.3, -0.25) is 0 Å². The summed E-state index contributed by atoms with van der Waals surface area (Å²) in [6.45, 7) is 3.19. The molecular formula is C17H25NO5. The molecule has 1 aliphatic rings. The smallest absolute Gasteiger partial charge is 0.337 e. The minimum Gasteiger partial charge on any atom is -0.465 e. The third-order valence-corrected chi connectivity index (χ3v) is 3.55. The lowest BCUT2D eigenvalue weighted by molar-refractivity contribution is -0.168. The van der Waals surface area contributed by atoms with Crippen molar-refractivity contribution in [2.45, 2.75) is 25.6 Å². The number of hydrogen-bond acceptors (Lipinski definition) is 6. The average Bonchev–Trinajstić information content (AvgIpc) is 2.61. The standard InChI is InChI=1S/C17H25NO5/c1-20-17(19)14-5-7-15(8-6-14)18-9-11-21-12-13-23-16-4-2-3-10-22-16/h5-8,16,18H,2-4,9-13H2,1H3. The second kappa shape index (κ2) is 10.2. The number of esters is 1. The summed E-state index contributed by atoms with van der Waals surface area (Å²) in [4.78, 5) is 11.3. The Labute approximate surface area is 137 Å². The summed E-state index contributed by atoms with van der Waals surface area (Å²) < 4.78 is 21.2. The van der Waals surface area contributed by atoms with Crippen LogP contribution in [0.1, 0.15) is 29.6 Å². The molecule has 0 aromatic heterocycles. The van der Waals surface area contributed by atoms with Crippen molar-refractivity contribution in [2.24, 2.45) is 0 Å². The second-order valence-electron chi connectivity index (χ2n) is 5.28. The average molecular weight is 323 g/mol. The zero-order chi connectivity index (χ0) is 16.3. The van der Waals surface area contributed by atoms with Crippen LogP contribution in [0, 0.1) is 0 Å². The van der Waals surface area contributed by atoms with Crippen LogP contribution in [0.5, 0.6) is 0 Å². The number of rotatable bonds is 9. The molecule has 1 fully saturated rings.